The molecule has 0 aliphatic carbocycles. The quantitative estimate of drug-likeness (QED) is 0.180. The van der Waals surface area contributed by atoms with Gasteiger partial charge in [-0.25, -0.2) is 15.0 Å². The van der Waals surface area contributed by atoms with Crippen molar-refractivity contribution in [3.05, 3.63) is 164 Å². The second kappa shape index (κ2) is 11.2. The molecule has 10 aromatic rings. The Bertz CT molecular complexity index is 2860. The average molecular weight is 642 g/mol. The lowest BCUT2D eigenvalue weighted by molar-refractivity contribution is 1.07. The number of fused-ring (bicyclic) bond motifs is 10. The first-order chi connectivity index (χ1) is 24.3. The largest absolute Gasteiger partial charge is 0.208 e. The zero-order valence-electron chi connectivity index (χ0n) is 26.3. The minimum absolute atomic E-state index is 0.650. The van der Waals surface area contributed by atoms with Crippen molar-refractivity contribution in [2.45, 2.75) is 0 Å². The first kappa shape index (κ1) is 27.8. The van der Waals surface area contributed by atoms with Crippen molar-refractivity contribution >= 4 is 63.8 Å². The van der Waals surface area contributed by atoms with Gasteiger partial charge in [0.2, 0.25) is 0 Å². The molecule has 0 N–H and O–H groups in total. The summed E-state index contributed by atoms with van der Waals surface area (Å²) in [6, 6.07) is 57.8. The summed E-state index contributed by atoms with van der Waals surface area (Å²) in [6.45, 7) is 0. The minimum Gasteiger partial charge on any atom is -0.208 e. The molecule has 228 valence electrons. The number of nitrogens with zero attached hydrogens (tertiary/aromatic N) is 3. The predicted molar refractivity (Wildman–Crippen MR) is 207 cm³/mol. The van der Waals surface area contributed by atoms with Crippen LogP contribution in [0.25, 0.3) is 97.8 Å². The summed E-state index contributed by atoms with van der Waals surface area (Å²) in [5.74, 6) is 1.96. The van der Waals surface area contributed by atoms with E-state index >= 15 is 0 Å². The highest BCUT2D eigenvalue weighted by atomic mass is 32.1. The number of aromatic nitrogens is 3. The van der Waals surface area contributed by atoms with Crippen molar-refractivity contribution in [3.8, 4) is 45.3 Å². The highest BCUT2D eigenvalue weighted by Gasteiger charge is 2.17. The molecule has 2 heterocycles. The number of hydrogen-bond donors (Lipinski definition) is 0. The second-order valence-electron chi connectivity index (χ2n) is 12.4. The van der Waals surface area contributed by atoms with Gasteiger partial charge in [0.15, 0.2) is 17.5 Å². The summed E-state index contributed by atoms with van der Waals surface area (Å²) < 4.78 is 2.66. The van der Waals surface area contributed by atoms with Crippen LogP contribution in [-0.4, -0.2) is 15.0 Å². The monoisotopic (exact) mass is 641 g/mol. The smallest absolute Gasteiger partial charge is 0.164 e. The molecular formula is C45H27N3S. The van der Waals surface area contributed by atoms with E-state index in [1.165, 1.54) is 52.5 Å². The molecule has 10 rings (SSSR count). The Morgan fingerprint density at radius 3 is 1.59 bits per heavy atom. The van der Waals surface area contributed by atoms with Crippen LogP contribution in [0.2, 0.25) is 0 Å². The van der Waals surface area contributed by atoms with Gasteiger partial charge in [0.25, 0.3) is 0 Å². The minimum atomic E-state index is 0.650. The fourth-order valence-electron chi connectivity index (χ4n) is 7.18. The lowest BCUT2D eigenvalue weighted by Gasteiger charge is -2.13. The molecule has 0 spiro atoms. The van der Waals surface area contributed by atoms with E-state index in [1.54, 1.807) is 0 Å². The molecule has 0 unspecified atom stereocenters. The van der Waals surface area contributed by atoms with Gasteiger partial charge in [-0.15, -0.1) is 11.3 Å². The van der Waals surface area contributed by atoms with E-state index in [1.807, 2.05) is 35.6 Å². The van der Waals surface area contributed by atoms with E-state index in [0.29, 0.717) is 17.5 Å². The van der Waals surface area contributed by atoms with E-state index in [9.17, 15) is 0 Å². The van der Waals surface area contributed by atoms with Crippen LogP contribution in [-0.2, 0) is 0 Å². The maximum Gasteiger partial charge on any atom is 0.164 e. The van der Waals surface area contributed by atoms with Crippen molar-refractivity contribution in [2.75, 3.05) is 0 Å². The number of thiophene rings is 1. The molecule has 4 heteroatoms. The normalized spacial score (nSPS) is 11.7. The molecule has 2 aromatic heterocycles. The first-order valence-electron chi connectivity index (χ1n) is 16.4. The van der Waals surface area contributed by atoms with Crippen LogP contribution in [0.3, 0.4) is 0 Å². The third kappa shape index (κ3) is 4.61. The Morgan fingerprint density at radius 2 is 0.816 bits per heavy atom. The van der Waals surface area contributed by atoms with E-state index < -0.39 is 0 Å². The molecule has 0 aliphatic heterocycles. The summed E-state index contributed by atoms with van der Waals surface area (Å²) >= 11 is 1.89. The Labute approximate surface area is 286 Å². The Morgan fingerprint density at radius 1 is 0.306 bits per heavy atom. The van der Waals surface area contributed by atoms with Gasteiger partial charge in [-0.3, -0.25) is 0 Å². The van der Waals surface area contributed by atoms with Gasteiger partial charge < -0.3 is 0 Å². The van der Waals surface area contributed by atoms with Gasteiger partial charge in [-0.05, 0) is 56.3 Å². The molecule has 0 aliphatic rings. The molecular weight excluding hydrogens is 615 g/mol. The van der Waals surface area contributed by atoms with Crippen molar-refractivity contribution < 1.29 is 0 Å². The third-order valence-electron chi connectivity index (χ3n) is 9.50. The molecule has 0 saturated carbocycles. The van der Waals surface area contributed by atoms with Crippen molar-refractivity contribution in [1.29, 1.82) is 0 Å². The molecule has 0 bridgehead atoms. The van der Waals surface area contributed by atoms with Crippen molar-refractivity contribution in [3.63, 3.8) is 0 Å². The van der Waals surface area contributed by atoms with E-state index in [0.717, 1.165) is 27.8 Å². The lowest BCUT2D eigenvalue weighted by atomic mass is 9.92. The van der Waals surface area contributed by atoms with Crippen LogP contribution in [0.5, 0.6) is 0 Å². The van der Waals surface area contributed by atoms with Crippen LogP contribution >= 0.6 is 11.3 Å². The Hall–Kier alpha value is -6.23. The second-order valence-corrected chi connectivity index (χ2v) is 13.4. The molecule has 0 saturated heterocycles. The highest BCUT2D eigenvalue weighted by Crippen LogP contribution is 2.44. The van der Waals surface area contributed by atoms with Crippen LogP contribution in [0.15, 0.2) is 164 Å². The Balaban J connectivity index is 1.20. The third-order valence-corrected chi connectivity index (χ3v) is 10.7. The maximum atomic E-state index is 5.13. The molecule has 8 aromatic carbocycles. The van der Waals surface area contributed by atoms with Gasteiger partial charge in [-0.2, -0.15) is 0 Å². The predicted octanol–water partition coefficient (Wildman–Crippen LogP) is 12.4. The number of benzene rings is 8. The number of hydrogen-bond acceptors (Lipinski definition) is 4. The zero-order valence-corrected chi connectivity index (χ0v) is 27.2. The molecule has 49 heavy (non-hydrogen) atoms. The molecule has 0 amide bonds. The lowest BCUT2D eigenvalue weighted by Crippen LogP contribution is -2.00. The van der Waals surface area contributed by atoms with Crippen LogP contribution in [0.1, 0.15) is 0 Å². The van der Waals surface area contributed by atoms with Gasteiger partial charge in [-0.1, -0.05) is 146 Å². The first-order valence-corrected chi connectivity index (χ1v) is 17.3. The van der Waals surface area contributed by atoms with Crippen molar-refractivity contribution in [1.82, 2.24) is 15.0 Å². The van der Waals surface area contributed by atoms with Crippen molar-refractivity contribution in [2.24, 2.45) is 0 Å². The average Bonchev–Trinajstić information content (AvgIpc) is 3.57. The van der Waals surface area contributed by atoms with E-state index in [4.69, 9.17) is 15.0 Å². The summed E-state index contributed by atoms with van der Waals surface area (Å²) in [7, 11) is 0. The zero-order chi connectivity index (χ0) is 32.3. The maximum absolute atomic E-state index is 5.13. The standard InChI is InChI=1S/C45H27N3S/c1-3-12-28(13-4-1)30-16-11-17-31(26-30)44-46-43(29-14-5-2-6-15-29)47-45(48-44)32-22-23-34-37-24-25-38-35-19-9-10-21-40(35)49-42(38)41(37)36-20-8-7-18-33(36)39(34)27-32/h1-27H. The summed E-state index contributed by atoms with van der Waals surface area (Å²) in [6.07, 6.45) is 0. The van der Waals surface area contributed by atoms with E-state index in [2.05, 4.69) is 140 Å². The van der Waals surface area contributed by atoms with Gasteiger partial charge in [0.05, 0.1) is 0 Å². The molecule has 0 radical (unpaired) electrons. The Kier molecular flexibility index (Phi) is 6.36. The molecule has 3 nitrogen and oxygen atoms in total. The number of rotatable bonds is 4. The highest BCUT2D eigenvalue weighted by molar-refractivity contribution is 7.26. The van der Waals surface area contributed by atoms with Crippen LogP contribution < -0.4 is 0 Å². The van der Waals surface area contributed by atoms with Gasteiger partial charge in [0, 0.05) is 42.2 Å². The van der Waals surface area contributed by atoms with Gasteiger partial charge in [0.1, 0.15) is 0 Å². The topological polar surface area (TPSA) is 38.7 Å². The molecule has 0 atom stereocenters. The summed E-state index contributed by atoms with van der Waals surface area (Å²) in [5, 5.41) is 10.1. The fourth-order valence-corrected chi connectivity index (χ4v) is 8.44. The summed E-state index contributed by atoms with van der Waals surface area (Å²) in [4.78, 5) is 15.2. The van der Waals surface area contributed by atoms with Crippen LogP contribution in [0, 0.1) is 0 Å². The fraction of sp³-hybridized carbons (Fsp3) is 0. The van der Waals surface area contributed by atoms with Gasteiger partial charge >= 0.3 is 0 Å². The molecule has 0 fully saturated rings. The summed E-state index contributed by atoms with van der Waals surface area (Å²) in [5.41, 5.74) is 5.14. The SMILES string of the molecule is c1ccc(-c2cccc(-c3nc(-c4ccccc4)nc(-c4ccc5c(c4)c4ccccc4c4c5ccc5c6ccccc6sc54)n3)c2)cc1. The van der Waals surface area contributed by atoms with Crippen LogP contribution in [0.4, 0.5) is 0 Å². The van der Waals surface area contributed by atoms with E-state index in [-0.39, 0.29) is 0 Å².